The van der Waals surface area contributed by atoms with Crippen molar-refractivity contribution in [1.82, 2.24) is 0 Å². The molecule has 2 bridgehead atoms. The molecule has 0 radical (unpaired) electrons. The first-order valence-corrected chi connectivity index (χ1v) is 7.05. The van der Waals surface area contributed by atoms with Gasteiger partial charge in [0.05, 0.1) is 10.1 Å². The number of hydrogen-bond donors (Lipinski definition) is 0. The van der Waals surface area contributed by atoms with Gasteiger partial charge in [-0.1, -0.05) is 58.6 Å². The van der Waals surface area contributed by atoms with Crippen LogP contribution < -0.4 is 0 Å². The summed E-state index contributed by atoms with van der Waals surface area (Å²) < 4.78 is -1.38. The molecule has 0 amide bonds. The maximum Gasteiger partial charge on any atom is 0.167 e. The van der Waals surface area contributed by atoms with E-state index in [1.165, 1.54) is 0 Å². The van der Waals surface area contributed by atoms with Crippen LogP contribution in [0.1, 0.15) is 6.42 Å². The van der Waals surface area contributed by atoms with Gasteiger partial charge in [0.2, 0.25) is 0 Å². The third-order valence-corrected chi connectivity index (χ3v) is 8.20. The molecule has 0 aliphatic heterocycles. The van der Waals surface area contributed by atoms with E-state index in [2.05, 4.69) is 0 Å². The van der Waals surface area contributed by atoms with Gasteiger partial charge in [0, 0.05) is 5.92 Å². The molecule has 3 aliphatic rings. The van der Waals surface area contributed by atoms with Gasteiger partial charge in [-0.25, -0.2) is 0 Å². The van der Waals surface area contributed by atoms with E-state index >= 15 is 0 Å². The van der Waals surface area contributed by atoms with E-state index in [1.807, 2.05) is 12.2 Å². The highest BCUT2D eigenvalue weighted by molar-refractivity contribution is 6.65. The third kappa shape index (κ3) is 0.940. The molecule has 3 rings (SSSR count). The van der Waals surface area contributed by atoms with Crippen LogP contribution in [0.2, 0.25) is 0 Å². The van der Waals surface area contributed by atoms with Gasteiger partial charge in [0.15, 0.2) is 4.33 Å². The summed E-state index contributed by atoms with van der Waals surface area (Å²) in [6.07, 6.45) is 4.77. The van der Waals surface area contributed by atoms with Crippen LogP contribution in [-0.4, -0.2) is 14.1 Å². The summed E-state index contributed by atoms with van der Waals surface area (Å²) in [5, 5.41) is 0.574. The first kappa shape index (κ1) is 12.3. The fourth-order valence-electron chi connectivity index (χ4n) is 3.08. The van der Waals surface area contributed by atoms with E-state index in [-0.39, 0.29) is 16.9 Å². The zero-order chi connectivity index (χ0) is 11.9. The predicted molar refractivity (Wildman–Crippen MR) is 71.1 cm³/mol. The van der Waals surface area contributed by atoms with Crippen LogP contribution in [-0.2, 0) is 0 Å². The van der Waals surface area contributed by atoms with E-state index in [0.717, 1.165) is 6.42 Å². The first-order chi connectivity index (χ1) is 7.29. The molecule has 0 aromatic heterocycles. The standard InChI is InChI=1S/C10H6Cl6/c11-6-7(12)9(14)5-3-1-2-4(5)8(6,13)10(9,15)16/h1-2,4-5H,3H2/t4-,5-,8+,9+/m1/s1. The number of hydrogen-bond acceptors (Lipinski definition) is 0. The quantitative estimate of drug-likeness (QED) is 0.429. The van der Waals surface area contributed by atoms with Crippen molar-refractivity contribution >= 4 is 69.6 Å². The van der Waals surface area contributed by atoms with Gasteiger partial charge in [-0.2, -0.15) is 0 Å². The molecule has 0 N–H and O–H groups in total. The van der Waals surface area contributed by atoms with Crippen molar-refractivity contribution < 1.29 is 0 Å². The number of allylic oxidation sites excluding steroid dienone is 4. The van der Waals surface area contributed by atoms with Crippen molar-refractivity contribution in [3.63, 3.8) is 0 Å². The van der Waals surface area contributed by atoms with Gasteiger partial charge >= 0.3 is 0 Å². The zero-order valence-electron chi connectivity index (χ0n) is 7.78. The second-order valence-corrected chi connectivity index (χ2v) is 7.70. The lowest BCUT2D eigenvalue weighted by Gasteiger charge is -2.33. The summed E-state index contributed by atoms with van der Waals surface area (Å²) in [5.41, 5.74) is 0. The van der Waals surface area contributed by atoms with Crippen LogP contribution in [0.25, 0.3) is 0 Å². The average Bonchev–Trinajstić information content (AvgIpc) is 2.78. The van der Waals surface area contributed by atoms with Gasteiger partial charge in [0.1, 0.15) is 9.75 Å². The summed E-state index contributed by atoms with van der Waals surface area (Å²) in [7, 11) is 0. The highest BCUT2D eigenvalue weighted by atomic mass is 35.5. The van der Waals surface area contributed by atoms with E-state index in [4.69, 9.17) is 69.6 Å². The summed E-state index contributed by atoms with van der Waals surface area (Å²) >= 11 is 38.2. The summed E-state index contributed by atoms with van der Waals surface area (Å²) in [4.78, 5) is -2.18. The van der Waals surface area contributed by atoms with Crippen LogP contribution >= 0.6 is 69.6 Å². The normalized spacial score (nSPS) is 52.6. The minimum Gasteiger partial charge on any atom is -0.109 e. The van der Waals surface area contributed by atoms with Crippen molar-refractivity contribution in [2.24, 2.45) is 11.8 Å². The topological polar surface area (TPSA) is 0 Å². The maximum absolute atomic E-state index is 6.56. The fourth-order valence-corrected chi connectivity index (χ4v) is 6.12. The monoisotopic (exact) mass is 336 g/mol. The first-order valence-electron chi connectivity index (χ1n) is 4.78. The lowest BCUT2D eigenvalue weighted by atomic mass is 9.84. The average molecular weight is 339 g/mol. The van der Waals surface area contributed by atoms with E-state index in [0.29, 0.717) is 5.03 Å². The summed E-state index contributed by atoms with van der Waals surface area (Å²) in [6.45, 7) is 0. The molecule has 0 nitrogen and oxygen atoms in total. The van der Waals surface area contributed by atoms with Gasteiger partial charge < -0.3 is 0 Å². The molecule has 0 aromatic carbocycles. The molecular formula is C10H6Cl6. The van der Waals surface area contributed by atoms with E-state index in [1.54, 1.807) is 0 Å². The van der Waals surface area contributed by atoms with E-state index < -0.39 is 14.1 Å². The Morgan fingerprint density at radius 3 is 2.19 bits per heavy atom. The molecule has 0 spiro atoms. The Hall–Kier alpha value is 1.22. The number of fused-ring (bicyclic) bond motifs is 5. The molecule has 88 valence electrons. The minimum absolute atomic E-state index is 0.0108. The van der Waals surface area contributed by atoms with Crippen molar-refractivity contribution in [2.75, 3.05) is 0 Å². The Bertz CT molecular complexity index is 439. The Balaban J connectivity index is 2.32. The van der Waals surface area contributed by atoms with E-state index in [9.17, 15) is 0 Å². The van der Waals surface area contributed by atoms with Gasteiger partial charge in [-0.3, -0.25) is 0 Å². The second-order valence-electron chi connectivity index (χ2n) is 4.42. The zero-order valence-corrected chi connectivity index (χ0v) is 12.3. The molecule has 1 saturated carbocycles. The number of alkyl halides is 4. The maximum atomic E-state index is 6.56. The molecule has 0 aromatic rings. The molecule has 0 saturated heterocycles. The molecule has 4 atom stereocenters. The van der Waals surface area contributed by atoms with Crippen molar-refractivity contribution in [2.45, 2.75) is 20.5 Å². The Labute approximate surface area is 123 Å². The summed E-state index contributed by atoms with van der Waals surface area (Å²) in [5.74, 6) is -0.0478. The Morgan fingerprint density at radius 2 is 1.56 bits per heavy atom. The lowest BCUT2D eigenvalue weighted by molar-refractivity contribution is 0.416. The Kier molecular flexibility index (Phi) is 2.46. The van der Waals surface area contributed by atoms with Crippen LogP contribution in [0.5, 0.6) is 0 Å². The Morgan fingerprint density at radius 1 is 1.00 bits per heavy atom. The molecule has 1 fully saturated rings. The minimum atomic E-state index is -1.38. The van der Waals surface area contributed by atoms with Crippen molar-refractivity contribution in [1.29, 1.82) is 0 Å². The molecule has 0 unspecified atom stereocenters. The SMILES string of the molecule is ClC1=C(Cl)[C@@]2(Cl)[C@@H]3CC=C[C@H]3[C@@]1(Cl)C2(Cl)Cl. The van der Waals surface area contributed by atoms with Crippen LogP contribution in [0.15, 0.2) is 22.2 Å². The number of rotatable bonds is 0. The highest BCUT2D eigenvalue weighted by Crippen LogP contribution is 2.77. The van der Waals surface area contributed by atoms with Gasteiger partial charge in [0.25, 0.3) is 0 Å². The van der Waals surface area contributed by atoms with Gasteiger partial charge in [-0.15, -0.1) is 23.2 Å². The lowest BCUT2D eigenvalue weighted by Crippen LogP contribution is -2.44. The smallest absolute Gasteiger partial charge is 0.109 e. The molecule has 6 heteroatoms. The molecule has 16 heavy (non-hydrogen) atoms. The predicted octanol–water partition coefficient (Wildman–Crippen LogP) is 5.02. The number of halogens is 6. The fraction of sp³-hybridized carbons (Fsp3) is 0.600. The largest absolute Gasteiger partial charge is 0.167 e. The molecule has 0 heterocycles. The highest BCUT2D eigenvalue weighted by Gasteiger charge is 2.81. The molecule has 3 aliphatic carbocycles. The van der Waals surface area contributed by atoms with Crippen LogP contribution in [0, 0.1) is 11.8 Å². The van der Waals surface area contributed by atoms with Crippen LogP contribution in [0.4, 0.5) is 0 Å². The second kappa shape index (κ2) is 3.21. The third-order valence-electron chi connectivity index (χ3n) is 3.88. The van der Waals surface area contributed by atoms with Crippen LogP contribution in [0.3, 0.4) is 0 Å². The van der Waals surface area contributed by atoms with Crippen molar-refractivity contribution in [3.8, 4) is 0 Å². The van der Waals surface area contributed by atoms with Gasteiger partial charge in [-0.05, 0) is 12.3 Å². The molecular weight excluding hydrogens is 333 g/mol. The summed E-state index contributed by atoms with van der Waals surface area (Å²) in [6, 6.07) is 0. The van der Waals surface area contributed by atoms with Crippen molar-refractivity contribution in [3.05, 3.63) is 22.2 Å².